The molecule has 0 aliphatic rings. The number of rotatable bonds is 7. The summed E-state index contributed by atoms with van der Waals surface area (Å²) < 4.78 is 0. The van der Waals surface area contributed by atoms with E-state index in [-0.39, 0.29) is 0 Å². The second kappa shape index (κ2) is 7.25. The van der Waals surface area contributed by atoms with Crippen LogP contribution in [-0.4, -0.2) is 10.2 Å². The number of benzene rings is 1. The van der Waals surface area contributed by atoms with Crippen LogP contribution in [0.2, 0.25) is 0 Å². The first-order chi connectivity index (χ1) is 9.70. The van der Waals surface area contributed by atoms with E-state index >= 15 is 0 Å². The fourth-order valence-corrected chi connectivity index (χ4v) is 2.42. The van der Waals surface area contributed by atoms with E-state index in [0.717, 1.165) is 0 Å². The second-order valence-corrected chi connectivity index (χ2v) is 5.49. The first-order valence-electron chi connectivity index (χ1n) is 7.54. The standard InChI is InChI=1S/C17H25N3/c1-4-5-6-15-7-9-16(10-8-15)13(2)20-14(3)17-11-18-19-12-17/h7-14,20H,4-6H2,1-3H3,(H,18,19). The Balaban J connectivity index is 1.93. The monoisotopic (exact) mass is 271 g/mol. The smallest absolute Gasteiger partial charge is 0.0534 e. The molecule has 0 radical (unpaired) electrons. The first-order valence-corrected chi connectivity index (χ1v) is 7.54. The van der Waals surface area contributed by atoms with E-state index in [1.165, 1.54) is 36.0 Å². The molecule has 0 amide bonds. The summed E-state index contributed by atoms with van der Waals surface area (Å²) in [5, 5.41) is 10.5. The minimum atomic E-state index is 0.295. The summed E-state index contributed by atoms with van der Waals surface area (Å²) in [7, 11) is 0. The molecular formula is C17H25N3. The largest absolute Gasteiger partial charge is 0.304 e. The van der Waals surface area contributed by atoms with Crippen molar-refractivity contribution in [1.82, 2.24) is 15.5 Å². The molecule has 2 unspecified atom stereocenters. The third-order valence-corrected chi connectivity index (χ3v) is 3.82. The van der Waals surface area contributed by atoms with E-state index in [1.54, 1.807) is 0 Å². The van der Waals surface area contributed by atoms with Gasteiger partial charge in [-0.15, -0.1) is 0 Å². The highest BCUT2D eigenvalue weighted by Gasteiger charge is 2.11. The molecule has 108 valence electrons. The normalized spacial score (nSPS) is 14.2. The molecule has 0 aliphatic heterocycles. The molecule has 1 aromatic carbocycles. The van der Waals surface area contributed by atoms with Crippen LogP contribution in [0.25, 0.3) is 0 Å². The highest BCUT2D eigenvalue weighted by Crippen LogP contribution is 2.19. The summed E-state index contributed by atoms with van der Waals surface area (Å²) in [4.78, 5) is 0. The SMILES string of the molecule is CCCCc1ccc(C(C)NC(C)c2cn[nH]c2)cc1. The first kappa shape index (κ1) is 14.8. The van der Waals surface area contributed by atoms with E-state index in [9.17, 15) is 0 Å². The molecule has 2 N–H and O–H groups in total. The van der Waals surface area contributed by atoms with Gasteiger partial charge in [0.25, 0.3) is 0 Å². The average molecular weight is 271 g/mol. The Bertz CT molecular complexity index is 487. The molecule has 0 bridgehead atoms. The van der Waals surface area contributed by atoms with Crippen molar-refractivity contribution in [1.29, 1.82) is 0 Å². The quantitative estimate of drug-likeness (QED) is 0.793. The highest BCUT2D eigenvalue weighted by molar-refractivity contribution is 5.25. The third kappa shape index (κ3) is 3.94. The molecule has 2 atom stereocenters. The Labute approximate surface area is 121 Å². The van der Waals surface area contributed by atoms with E-state index < -0.39 is 0 Å². The average Bonchev–Trinajstić information content (AvgIpc) is 3.00. The lowest BCUT2D eigenvalue weighted by Gasteiger charge is -2.19. The molecule has 1 heterocycles. The zero-order valence-electron chi connectivity index (χ0n) is 12.7. The highest BCUT2D eigenvalue weighted by atomic mass is 15.1. The maximum Gasteiger partial charge on any atom is 0.0534 e. The fraction of sp³-hybridized carbons (Fsp3) is 0.471. The second-order valence-electron chi connectivity index (χ2n) is 5.49. The van der Waals surface area contributed by atoms with Gasteiger partial charge < -0.3 is 5.32 Å². The zero-order valence-corrected chi connectivity index (χ0v) is 12.7. The van der Waals surface area contributed by atoms with Gasteiger partial charge in [-0.1, -0.05) is 37.6 Å². The van der Waals surface area contributed by atoms with Gasteiger partial charge in [-0.2, -0.15) is 5.10 Å². The van der Waals surface area contributed by atoms with Gasteiger partial charge in [0.1, 0.15) is 0 Å². The topological polar surface area (TPSA) is 40.7 Å². The predicted molar refractivity (Wildman–Crippen MR) is 83.6 cm³/mol. The Morgan fingerprint density at radius 1 is 1.10 bits per heavy atom. The Kier molecular flexibility index (Phi) is 5.36. The molecule has 0 saturated heterocycles. The van der Waals surface area contributed by atoms with Gasteiger partial charge in [-0.05, 0) is 37.8 Å². The van der Waals surface area contributed by atoms with Crippen LogP contribution in [0.15, 0.2) is 36.7 Å². The molecule has 3 heteroatoms. The van der Waals surface area contributed by atoms with E-state index in [0.29, 0.717) is 12.1 Å². The number of aryl methyl sites for hydroxylation is 1. The van der Waals surface area contributed by atoms with Crippen LogP contribution in [0, 0.1) is 0 Å². The Hall–Kier alpha value is -1.61. The number of aromatic nitrogens is 2. The van der Waals surface area contributed by atoms with Crippen LogP contribution in [0.5, 0.6) is 0 Å². The van der Waals surface area contributed by atoms with Crippen molar-refractivity contribution in [3.8, 4) is 0 Å². The number of nitrogens with one attached hydrogen (secondary N) is 2. The molecule has 0 spiro atoms. The van der Waals surface area contributed by atoms with E-state index in [1.807, 2.05) is 12.4 Å². The number of hydrogen-bond donors (Lipinski definition) is 2. The lowest BCUT2D eigenvalue weighted by Crippen LogP contribution is -2.22. The Morgan fingerprint density at radius 3 is 2.40 bits per heavy atom. The van der Waals surface area contributed by atoms with Crippen molar-refractivity contribution in [2.75, 3.05) is 0 Å². The molecule has 1 aromatic heterocycles. The van der Waals surface area contributed by atoms with Crippen LogP contribution in [0.1, 0.15) is 62.4 Å². The number of nitrogens with zero attached hydrogens (tertiary/aromatic N) is 1. The van der Waals surface area contributed by atoms with Crippen LogP contribution < -0.4 is 5.32 Å². The maximum absolute atomic E-state index is 4.00. The molecule has 0 saturated carbocycles. The van der Waals surface area contributed by atoms with Crippen molar-refractivity contribution in [3.63, 3.8) is 0 Å². The van der Waals surface area contributed by atoms with Gasteiger partial charge in [0.15, 0.2) is 0 Å². The molecule has 20 heavy (non-hydrogen) atoms. The number of aromatic amines is 1. The summed E-state index contributed by atoms with van der Waals surface area (Å²) in [6, 6.07) is 9.62. The van der Waals surface area contributed by atoms with Crippen LogP contribution in [0.3, 0.4) is 0 Å². The van der Waals surface area contributed by atoms with Gasteiger partial charge in [-0.25, -0.2) is 0 Å². The summed E-state index contributed by atoms with van der Waals surface area (Å²) >= 11 is 0. The van der Waals surface area contributed by atoms with Gasteiger partial charge in [0, 0.05) is 23.8 Å². The van der Waals surface area contributed by atoms with Gasteiger partial charge >= 0.3 is 0 Å². The number of unbranched alkanes of at least 4 members (excludes halogenated alkanes) is 1. The molecule has 0 fully saturated rings. The summed E-state index contributed by atoms with van der Waals surface area (Å²) in [6.07, 6.45) is 7.52. The van der Waals surface area contributed by atoms with E-state index in [2.05, 4.69) is 60.6 Å². The van der Waals surface area contributed by atoms with Gasteiger partial charge in [0.2, 0.25) is 0 Å². The minimum Gasteiger partial charge on any atom is -0.304 e. The lowest BCUT2D eigenvalue weighted by molar-refractivity contribution is 0.495. The minimum absolute atomic E-state index is 0.295. The molecule has 0 aliphatic carbocycles. The van der Waals surface area contributed by atoms with Crippen molar-refractivity contribution < 1.29 is 0 Å². The molecular weight excluding hydrogens is 246 g/mol. The van der Waals surface area contributed by atoms with Gasteiger partial charge in [0.05, 0.1) is 6.20 Å². The fourth-order valence-electron chi connectivity index (χ4n) is 2.42. The molecule has 3 nitrogen and oxygen atoms in total. The van der Waals surface area contributed by atoms with E-state index in [4.69, 9.17) is 0 Å². The van der Waals surface area contributed by atoms with Crippen molar-refractivity contribution in [2.45, 2.75) is 52.1 Å². The maximum atomic E-state index is 4.00. The van der Waals surface area contributed by atoms with Crippen LogP contribution >= 0.6 is 0 Å². The Morgan fingerprint density at radius 2 is 1.80 bits per heavy atom. The van der Waals surface area contributed by atoms with Gasteiger partial charge in [-0.3, -0.25) is 5.10 Å². The van der Waals surface area contributed by atoms with Crippen molar-refractivity contribution in [2.24, 2.45) is 0 Å². The van der Waals surface area contributed by atoms with Crippen molar-refractivity contribution in [3.05, 3.63) is 53.3 Å². The summed E-state index contributed by atoms with van der Waals surface area (Å²) in [5.74, 6) is 0. The number of H-pyrrole nitrogens is 1. The zero-order chi connectivity index (χ0) is 14.4. The van der Waals surface area contributed by atoms with Crippen molar-refractivity contribution >= 4 is 0 Å². The molecule has 2 aromatic rings. The summed E-state index contributed by atoms with van der Waals surface area (Å²) in [6.45, 7) is 6.60. The molecule has 2 rings (SSSR count). The summed E-state index contributed by atoms with van der Waals surface area (Å²) in [5.41, 5.74) is 3.96. The van der Waals surface area contributed by atoms with Crippen LogP contribution in [-0.2, 0) is 6.42 Å². The van der Waals surface area contributed by atoms with Crippen LogP contribution in [0.4, 0.5) is 0 Å². The number of hydrogen-bond acceptors (Lipinski definition) is 2. The third-order valence-electron chi connectivity index (χ3n) is 3.82. The lowest BCUT2D eigenvalue weighted by atomic mass is 10.0. The predicted octanol–water partition coefficient (Wildman–Crippen LogP) is 4.16.